The highest BCUT2D eigenvalue weighted by Gasteiger charge is 2.14. The Morgan fingerprint density at radius 2 is 1.91 bits per heavy atom. The highest BCUT2D eigenvalue weighted by Crippen LogP contribution is 2.27. The molecule has 0 bridgehead atoms. The number of imidazole rings is 1. The number of aromatic nitrogens is 4. The van der Waals surface area contributed by atoms with Gasteiger partial charge in [0.05, 0.1) is 16.9 Å². The van der Waals surface area contributed by atoms with E-state index in [2.05, 4.69) is 49.5 Å². The third-order valence-electron chi connectivity index (χ3n) is 5.36. The van der Waals surface area contributed by atoms with E-state index in [1.54, 1.807) is 19.3 Å². The van der Waals surface area contributed by atoms with Crippen LogP contribution in [-0.4, -0.2) is 51.9 Å². The Hall–Kier alpha value is -3.59. The van der Waals surface area contributed by atoms with E-state index < -0.39 is 5.82 Å². The van der Waals surface area contributed by atoms with Crippen molar-refractivity contribution in [3.8, 4) is 0 Å². The van der Waals surface area contributed by atoms with Crippen LogP contribution in [0.5, 0.6) is 0 Å². The monoisotopic (exact) mass is 435 g/mol. The molecule has 1 saturated heterocycles. The van der Waals surface area contributed by atoms with Crippen molar-refractivity contribution in [2.24, 2.45) is 0 Å². The number of carbonyl (C=O) groups excluding carboxylic acids is 1. The predicted molar refractivity (Wildman–Crippen MR) is 124 cm³/mol. The smallest absolute Gasteiger partial charge is 0.211 e. The van der Waals surface area contributed by atoms with Gasteiger partial charge in [-0.2, -0.15) is 0 Å². The second kappa shape index (κ2) is 9.27. The molecule has 4 aromatic rings. The Morgan fingerprint density at radius 3 is 2.66 bits per heavy atom. The Kier molecular flexibility index (Phi) is 6.27. The van der Waals surface area contributed by atoms with Crippen LogP contribution in [0.4, 0.5) is 15.8 Å². The van der Waals surface area contributed by atoms with Gasteiger partial charge >= 0.3 is 0 Å². The van der Waals surface area contributed by atoms with Gasteiger partial charge < -0.3 is 19.9 Å². The molecule has 0 spiro atoms. The number of benzene rings is 1. The fourth-order valence-electron chi connectivity index (χ4n) is 3.84. The first-order chi connectivity index (χ1) is 15.5. The van der Waals surface area contributed by atoms with Crippen LogP contribution in [0, 0.1) is 26.6 Å². The Bertz CT molecular complexity index is 1260. The fraction of sp³-hybridized carbons (Fsp3) is 0.304. The minimum Gasteiger partial charge on any atom is -0.368 e. The largest absolute Gasteiger partial charge is 0.368 e. The van der Waals surface area contributed by atoms with E-state index in [9.17, 15) is 9.18 Å². The molecule has 2 N–H and O–H groups in total. The summed E-state index contributed by atoms with van der Waals surface area (Å²) in [5, 5.41) is 6.93. The Labute approximate surface area is 185 Å². The van der Waals surface area contributed by atoms with Gasteiger partial charge in [-0.1, -0.05) is 6.07 Å². The zero-order valence-corrected chi connectivity index (χ0v) is 18.4. The third kappa shape index (κ3) is 4.52. The lowest BCUT2D eigenvalue weighted by atomic mass is 10.1. The normalized spacial score (nSPS) is 13.7. The number of anilines is 2. The number of carbonyl (C=O) groups is 1. The van der Waals surface area contributed by atoms with Crippen molar-refractivity contribution in [3.05, 3.63) is 59.7 Å². The molecule has 9 heteroatoms. The molecule has 3 aromatic heterocycles. The summed E-state index contributed by atoms with van der Waals surface area (Å²) in [4.78, 5) is 25.5. The van der Waals surface area contributed by atoms with E-state index >= 15 is 0 Å². The summed E-state index contributed by atoms with van der Waals surface area (Å²) >= 11 is 0. The van der Waals surface area contributed by atoms with Gasteiger partial charge in [0.25, 0.3) is 0 Å². The van der Waals surface area contributed by atoms with Gasteiger partial charge in [0.2, 0.25) is 6.41 Å². The van der Waals surface area contributed by atoms with Gasteiger partial charge in [-0.25, -0.2) is 19.3 Å². The topological polar surface area (TPSA) is 87.5 Å². The molecule has 1 fully saturated rings. The maximum absolute atomic E-state index is 13.3. The number of amides is 1. The standard InChI is InChI=1S/C14H18N4.C9H8FN3O/c1-10-3-4-13(18-7-5-15-6-8-18)12-9-16-11(2)17-14(10)12;1-6-3-13-4-7(11-5-14)2-8(10)9(13)12-6/h3-4,9,15H,5-8H2,1-2H3;2-5H,1H3,(H,11,14). The first kappa shape index (κ1) is 21.6. The fourth-order valence-corrected chi connectivity index (χ4v) is 3.84. The van der Waals surface area contributed by atoms with Crippen molar-refractivity contribution >= 4 is 34.3 Å². The number of halogens is 1. The summed E-state index contributed by atoms with van der Waals surface area (Å²) in [6.45, 7) is 10.0. The minimum atomic E-state index is -0.454. The van der Waals surface area contributed by atoms with E-state index in [1.165, 1.54) is 27.1 Å². The lowest BCUT2D eigenvalue weighted by Crippen LogP contribution is -2.43. The molecule has 8 nitrogen and oxygen atoms in total. The molecule has 32 heavy (non-hydrogen) atoms. The quantitative estimate of drug-likeness (QED) is 0.481. The van der Waals surface area contributed by atoms with Crippen LogP contribution in [-0.2, 0) is 4.79 Å². The molecule has 0 saturated carbocycles. The van der Waals surface area contributed by atoms with Gasteiger partial charge in [0, 0.05) is 61.9 Å². The molecule has 1 aliphatic heterocycles. The van der Waals surface area contributed by atoms with Gasteiger partial charge in [-0.05, 0) is 32.4 Å². The third-order valence-corrected chi connectivity index (χ3v) is 5.36. The van der Waals surface area contributed by atoms with E-state index in [1.807, 2.05) is 13.1 Å². The van der Waals surface area contributed by atoms with Crippen molar-refractivity contribution in [1.82, 2.24) is 24.7 Å². The molecule has 0 atom stereocenters. The van der Waals surface area contributed by atoms with Crippen LogP contribution in [0.1, 0.15) is 17.1 Å². The molecule has 1 amide bonds. The number of nitrogens with one attached hydrogen (secondary N) is 2. The Morgan fingerprint density at radius 1 is 1.12 bits per heavy atom. The number of fused-ring (bicyclic) bond motifs is 2. The summed E-state index contributed by atoms with van der Waals surface area (Å²) < 4.78 is 14.9. The van der Waals surface area contributed by atoms with E-state index in [0.717, 1.165) is 43.2 Å². The Balaban J connectivity index is 0.000000158. The highest BCUT2D eigenvalue weighted by molar-refractivity contribution is 5.93. The van der Waals surface area contributed by atoms with Crippen LogP contribution in [0.25, 0.3) is 16.6 Å². The summed E-state index contributed by atoms with van der Waals surface area (Å²) in [5.74, 6) is 0.382. The molecular weight excluding hydrogens is 409 g/mol. The van der Waals surface area contributed by atoms with Crippen LogP contribution >= 0.6 is 0 Å². The average Bonchev–Trinajstić information content (AvgIpc) is 3.16. The van der Waals surface area contributed by atoms with Crippen LogP contribution < -0.4 is 15.5 Å². The number of hydrogen-bond acceptors (Lipinski definition) is 6. The lowest BCUT2D eigenvalue weighted by Gasteiger charge is -2.30. The second-order valence-electron chi connectivity index (χ2n) is 7.77. The van der Waals surface area contributed by atoms with Crippen molar-refractivity contribution in [1.29, 1.82) is 0 Å². The molecule has 5 rings (SSSR count). The van der Waals surface area contributed by atoms with Gasteiger partial charge in [0.15, 0.2) is 11.5 Å². The SMILES string of the molecule is Cc1cn2cc(NC=O)cc(F)c2n1.Cc1ncc2c(N3CCNCC3)ccc(C)c2n1. The van der Waals surface area contributed by atoms with Crippen LogP contribution in [0.15, 0.2) is 36.8 Å². The minimum absolute atomic E-state index is 0.263. The van der Waals surface area contributed by atoms with Gasteiger partial charge in [-0.3, -0.25) is 4.79 Å². The van der Waals surface area contributed by atoms with E-state index in [0.29, 0.717) is 12.1 Å². The predicted octanol–water partition coefficient (Wildman–Crippen LogP) is 3.01. The number of piperazine rings is 1. The molecule has 1 aromatic carbocycles. The summed E-state index contributed by atoms with van der Waals surface area (Å²) in [7, 11) is 0. The number of rotatable bonds is 3. The van der Waals surface area contributed by atoms with Crippen molar-refractivity contribution < 1.29 is 9.18 Å². The maximum atomic E-state index is 13.3. The van der Waals surface area contributed by atoms with Crippen molar-refractivity contribution in [2.45, 2.75) is 20.8 Å². The second-order valence-corrected chi connectivity index (χ2v) is 7.77. The zero-order valence-electron chi connectivity index (χ0n) is 18.4. The van der Waals surface area contributed by atoms with Gasteiger partial charge in [-0.15, -0.1) is 0 Å². The zero-order chi connectivity index (χ0) is 22.7. The molecule has 166 valence electrons. The lowest BCUT2D eigenvalue weighted by molar-refractivity contribution is -0.105. The molecule has 4 heterocycles. The number of aryl methyl sites for hydroxylation is 3. The summed E-state index contributed by atoms with van der Waals surface area (Å²) in [6.07, 6.45) is 5.76. The average molecular weight is 436 g/mol. The molecule has 0 radical (unpaired) electrons. The van der Waals surface area contributed by atoms with Crippen molar-refractivity contribution in [3.63, 3.8) is 0 Å². The number of hydrogen-bond donors (Lipinski definition) is 2. The first-order valence-electron chi connectivity index (χ1n) is 10.5. The molecular formula is C23H26FN7O. The summed E-state index contributed by atoms with van der Waals surface area (Å²) in [5.41, 5.74) is 4.96. The maximum Gasteiger partial charge on any atom is 0.211 e. The van der Waals surface area contributed by atoms with Crippen molar-refractivity contribution in [2.75, 3.05) is 36.4 Å². The van der Waals surface area contributed by atoms with Crippen LogP contribution in [0.2, 0.25) is 0 Å². The highest BCUT2D eigenvalue weighted by atomic mass is 19.1. The number of pyridine rings is 1. The van der Waals surface area contributed by atoms with E-state index in [-0.39, 0.29) is 5.65 Å². The van der Waals surface area contributed by atoms with Gasteiger partial charge in [0.1, 0.15) is 5.82 Å². The molecule has 0 aliphatic carbocycles. The molecule has 1 aliphatic rings. The molecule has 0 unspecified atom stereocenters. The van der Waals surface area contributed by atoms with Crippen LogP contribution in [0.3, 0.4) is 0 Å². The van der Waals surface area contributed by atoms with E-state index in [4.69, 9.17) is 0 Å². The number of nitrogens with zero attached hydrogens (tertiary/aromatic N) is 5. The first-order valence-corrected chi connectivity index (χ1v) is 10.5. The summed E-state index contributed by atoms with van der Waals surface area (Å²) in [6, 6.07) is 5.59.